The Morgan fingerprint density at radius 3 is 2.47 bits per heavy atom. The van der Waals surface area contributed by atoms with E-state index in [1.807, 2.05) is 73.7 Å². The topological polar surface area (TPSA) is 111 Å². The second-order valence-electron chi connectivity index (χ2n) is 12.5. The number of carbonyl (C=O) groups is 1. The number of halogens is 1. The van der Waals surface area contributed by atoms with E-state index in [1.165, 1.54) is 7.11 Å². The van der Waals surface area contributed by atoms with E-state index in [0.717, 1.165) is 35.3 Å². The number of hydrogen-bond donors (Lipinski definition) is 1. The molecule has 12 heteroatoms. The summed E-state index contributed by atoms with van der Waals surface area (Å²) >= 11 is 6.80. The second-order valence-corrected chi connectivity index (χ2v) is 12.9. The SMILES string of the molecule is COc1cc(OC)c(Cl)c(-c2cc3cnc(Nc4ccc(N5CCOCC5)cn4)cc3n(Cc3cccc(CC(=O)/C=C/CN(C)C)c3)c2=O)c1. The fourth-order valence-electron chi connectivity index (χ4n) is 6.00. The standard InChI is InChI=1S/C39H41ClN6O5/c1-44(2)12-6-9-30(47)18-26-7-5-8-27(17-26)25-46-34-22-37(43-36-11-10-29(24-42-36)45-13-15-51-16-14-45)41-23-28(34)19-33(39(46)48)32-20-31(49-3)21-35(50-4)38(32)40/h5-11,17,19-24H,12-16,18,25H2,1-4H3,(H,41,42,43)/b9-6+. The van der Waals surface area contributed by atoms with E-state index in [-0.39, 0.29) is 24.3 Å². The summed E-state index contributed by atoms with van der Waals surface area (Å²) in [6.45, 7) is 3.94. The van der Waals surface area contributed by atoms with Crippen LogP contribution >= 0.6 is 11.6 Å². The molecular formula is C39H41ClN6O5. The molecule has 1 fully saturated rings. The minimum atomic E-state index is -0.266. The predicted molar refractivity (Wildman–Crippen MR) is 202 cm³/mol. The van der Waals surface area contributed by atoms with Crippen molar-refractivity contribution >= 4 is 45.6 Å². The van der Waals surface area contributed by atoms with Gasteiger partial charge in [0, 0.05) is 60.9 Å². The van der Waals surface area contributed by atoms with E-state index in [4.69, 9.17) is 25.8 Å². The van der Waals surface area contributed by atoms with Crippen molar-refractivity contribution in [1.82, 2.24) is 19.4 Å². The zero-order valence-electron chi connectivity index (χ0n) is 29.2. The van der Waals surface area contributed by atoms with Crippen molar-refractivity contribution in [3.63, 3.8) is 0 Å². The molecule has 0 radical (unpaired) electrons. The maximum atomic E-state index is 14.5. The van der Waals surface area contributed by atoms with Gasteiger partial charge in [-0.3, -0.25) is 9.59 Å². The van der Waals surface area contributed by atoms with Gasteiger partial charge in [0.25, 0.3) is 5.56 Å². The van der Waals surface area contributed by atoms with Gasteiger partial charge in [0.2, 0.25) is 0 Å². The van der Waals surface area contributed by atoms with Crippen LogP contribution in [0, 0.1) is 0 Å². The summed E-state index contributed by atoms with van der Waals surface area (Å²) in [4.78, 5) is 40.7. The molecule has 1 saturated heterocycles. The van der Waals surface area contributed by atoms with Crippen molar-refractivity contribution in [3.05, 3.63) is 112 Å². The molecule has 11 nitrogen and oxygen atoms in total. The molecule has 6 rings (SSSR count). The number of ketones is 1. The average Bonchev–Trinajstić information content (AvgIpc) is 3.13. The number of methoxy groups -OCH3 is 2. The maximum absolute atomic E-state index is 14.5. The Labute approximate surface area is 302 Å². The molecule has 264 valence electrons. The number of allylic oxidation sites excluding steroid dienone is 1. The molecule has 0 atom stereocenters. The van der Waals surface area contributed by atoms with Gasteiger partial charge in [0.15, 0.2) is 5.78 Å². The van der Waals surface area contributed by atoms with Gasteiger partial charge in [-0.2, -0.15) is 0 Å². The Morgan fingerprint density at radius 1 is 0.961 bits per heavy atom. The molecule has 0 unspecified atom stereocenters. The highest BCUT2D eigenvalue weighted by Crippen LogP contribution is 2.39. The molecular weight excluding hydrogens is 668 g/mol. The van der Waals surface area contributed by atoms with Gasteiger partial charge < -0.3 is 33.9 Å². The summed E-state index contributed by atoms with van der Waals surface area (Å²) in [5.74, 6) is 2.04. The van der Waals surface area contributed by atoms with Crippen LogP contribution in [0.3, 0.4) is 0 Å². The molecule has 4 heterocycles. The van der Waals surface area contributed by atoms with Gasteiger partial charge in [-0.1, -0.05) is 41.9 Å². The molecule has 1 N–H and O–H groups in total. The first-order valence-electron chi connectivity index (χ1n) is 16.7. The molecule has 1 aliphatic rings. The molecule has 5 aromatic rings. The third-order valence-electron chi connectivity index (χ3n) is 8.60. The Balaban J connectivity index is 1.38. The van der Waals surface area contributed by atoms with Crippen molar-refractivity contribution in [1.29, 1.82) is 0 Å². The van der Waals surface area contributed by atoms with Crippen LogP contribution in [-0.2, 0) is 22.5 Å². The quantitative estimate of drug-likeness (QED) is 0.147. The van der Waals surface area contributed by atoms with Crippen LogP contribution in [0.4, 0.5) is 17.3 Å². The van der Waals surface area contributed by atoms with E-state index in [2.05, 4.69) is 20.2 Å². The number of carbonyl (C=O) groups excluding carboxylic acids is 1. The molecule has 3 aromatic heterocycles. The smallest absolute Gasteiger partial charge is 0.259 e. The molecule has 0 spiro atoms. The monoisotopic (exact) mass is 708 g/mol. The summed E-state index contributed by atoms with van der Waals surface area (Å²) in [7, 11) is 6.97. The highest BCUT2D eigenvalue weighted by atomic mass is 35.5. The number of hydrogen-bond acceptors (Lipinski definition) is 10. The number of pyridine rings is 3. The molecule has 0 bridgehead atoms. The van der Waals surface area contributed by atoms with Crippen molar-refractivity contribution in [2.45, 2.75) is 13.0 Å². The Morgan fingerprint density at radius 2 is 1.75 bits per heavy atom. The zero-order chi connectivity index (χ0) is 35.9. The van der Waals surface area contributed by atoms with Gasteiger partial charge >= 0.3 is 0 Å². The van der Waals surface area contributed by atoms with Crippen molar-refractivity contribution in [3.8, 4) is 22.6 Å². The van der Waals surface area contributed by atoms with E-state index in [0.29, 0.717) is 64.6 Å². The summed E-state index contributed by atoms with van der Waals surface area (Å²) in [5, 5.41) is 4.31. The Kier molecular flexibility index (Phi) is 11.3. The first-order valence-corrected chi connectivity index (χ1v) is 17.0. The lowest BCUT2D eigenvalue weighted by Gasteiger charge is -2.28. The summed E-state index contributed by atoms with van der Waals surface area (Å²) in [6.07, 6.45) is 7.28. The normalized spacial score (nSPS) is 13.3. The lowest BCUT2D eigenvalue weighted by atomic mass is 10.0. The number of nitrogens with one attached hydrogen (secondary N) is 1. The van der Waals surface area contributed by atoms with Crippen LogP contribution in [0.25, 0.3) is 22.0 Å². The second kappa shape index (κ2) is 16.2. The summed E-state index contributed by atoms with van der Waals surface area (Å²) < 4.78 is 18.2. The molecule has 2 aromatic carbocycles. The molecule has 0 aliphatic carbocycles. The van der Waals surface area contributed by atoms with Crippen LogP contribution in [0.2, 0.25) is 5.02 Å². The number of ether oxygens (including phenoxy) is 3. The number of benzene rings is 2. The van der Waals surface area contributed by atoms with E-state index < -0.39 is 0 Å². The highest BCUT2D eigenvalue weighted by Gasteiger charge is 2.19. The number of anilines is 3. The molecule has 51 heavy (non-hydrogen) atoms. The van der Waals surface area contributed by atoms with E-state index >= 15 is 0 Å². The maximum Gasteiger partial charge on any atom is 0.259 e. The minimum absolute atomic E-state index is 0.00797. The summed E-state index contributed by atoms with van der Waals surface area (Å²) in [5.41, 5.74) is 3.98. The molecule has 0 saturated carbocycles. The van der Waals surface area contributed by atoms with E-state index in [9.17, 15) is 9.59 Å². The number of fused-ring (bicyclic) bond motifs is 1. The fraction of sp³-hybridized carbons (Fsp3) is 0.282. The van der Waals surface area contributed by atoms with Crippen molar-refractivity contribution in [2.75, 3.05) is 71.4 Å². The lowest BCUT2D eigenvalue weighted by molar-refractivity contribution is -0.114. The third-order valence-corrected chi connectivity index (χ3v) is 8.99. The minimum Gasteiger partial charge on any atom is -0.497 e. The number of nitrogens with zero attached hydrogens (tertiary/aromatic N) is 5. The van der Waals surface area contributed by atoms with Crippen LogP contribution in [0.1, 0.15) is 11.1 Å². The van der Waals surface area contributed by atoms with Gasteiger partial charge in [-0.05, 0) is 55.6 Å². The van der Waals surface area contributed by atoms with Crippen LogP contribution in [0.5, 0.6) is 11.5 Å². The van der Waals surface area contributed by atoms with Crippen LogP contribution in [-0.4, -0.2) is 86.4 Å². The first kappa shape index (κ1) is 35.6. The molecule has 1 aliphatic heterocycles. The largest absolute Gasteiger partial charge is 0.497 e. The first-order chi connectivity index (χ1) is 24.7. The Hall–Kier alpha value is -5.23. The number of aromatic nitrogens is 3. The van der Waals surface area contributed by atoms with Crippen LogP contribution < -0.4 is 25.2 Å². The van der Waals surface area contributed by atoms with Gasteiger partial charge in [-0.15, -0.1) is 0 Å². The lowest BCUT2D eigenvalue weighted by Crippen LogP contribution is -2.36. The van der Waals surface area contributed by atoms with Gasteiger partial charge in [-0.25, -0.2) is 9.97 Å². The fourth-order valence-corrected chi connectivity index (χ4v) is 6.29. The number of rotatable bonds is 13. The van der Waals surface area contributed by atoms with Crippen molar-refractivity contribution < 1.29 is 19.0 Å². The molecule has 0 amide bonds. The van der Waals surface area contributed by atoms with E-state index in [1.54, 1.807) is 42.1 Å². The predicted octanol–water partition coefficient (Wildman–Crippen LogP) is 5.99. The number of morpholine rings is 1. The van der Waals surface area contributed by atoms with Crippen LogP contribution in [0.15, 0.2) is 90.0 Å². The van der Waals surface area contributed by atoms with Crippen molar-refractivity contribution in [2.24, 2.45) is 0 Å². The van der Waals surface area contributed by atoms with Gasteiger partial charge in [0.05, 0.1) is 56.4 Å². The zero-order valence-corrected chi connectivity index (χ0v) is 29.9. The number of likely N-dealkylation sites (N-methyl/N-ethyl adjacent to an activating group) is 1. The Bertz CT molecular complexity index is 2110. The highest BCUT2D eigenvalue weighted by molar-refractivity contribution is 6.35. The van der Waals surface area contributed by atoms with Gasteiger partial charge in [0.1, 0.15) is 23.1 Å². The average molecular weight is 709 g/mol. The summed E-state index contributed by atoms with van der Waals surface area (Å²) in [6, 6.07) is 18.7. The third kappa shape index (κ3) is 8.57.